The van der Waals surface area contributed by atoms with Gasteiger partial charge in [-0.1, -0.05) is 15.9 Å². The summed E-state index contributed by atoms with van der Waals surface area (Å²) >= 11 is 3.56. The third-order valence-corrected chi connectivity index (χ3v) is 3.66. The van der Waals surface area contributed by atoms with E-state index in [1.54, 1.807) is 0 Å². The molecule has 0 bridgehead atoms. The highest BCUT2D eigenvalue weighted by Crippen LogP contribution is 2.24. The van der Waals surface area contributed by atoms with Crippen LogP contribution < -0.4 is 10.2 Å². The molecule has 0 aromatic heterocycles. The van der Waals surface area contributed by atoms with Crippen LogP contribution in [0.5, 0.6) is 0 Å². The van der Waals surface area contributed by atoms with E-state index in [1.807, 2.05) is 7.05 Å². The minimum absolute atomic E-state index is 0.902. The molecular formula is C15H26BrN3. The molecule has 0 atom stereocenters. The maximum absolute atomic E-state index is 3.56. The molecule has 1 N–H and O–H groups in total. The predicted molar refractivity (Wildman–Crippen MR) is 88.0 cm³/mol. The van der Waals surface area contributed by atoms with E-state index < -0.39 is 0 Å². The van der Waals surface area contributed by atoms with Gasteiger partial charge in [0.05, 0.1) is 0 Å². The Morgan fingerprint density at radius 3 is 2.53 bits per heavy atom. The van der Waals surface area contributed by atoms with Crippen LogP contribution in [0.15, 0.2) is 22.7 Å². The molecule has 1 aromatic rings. The lowest BCUT2D eigenvalue weighted by atomic mass is 10.1. The van der Waals surface area contributed by atoms with Crippen LogP contribution in [0.3, 0.4) is 0 Å². The third kappa shape index (κ3) is 5.51. The van der Waals surface area contributed by atoms with E-state index in [1.165, 1.54) is 17.7 Å². The lowest BCUT2D eigenvalue weighted by Crippen LogP contribution is -2.28. The fraction of sp³-hybridized carbons (Fsp3) is 0.600. The van der Waals surface area contributed by atoms with Gasteiger partial charge in [0.25, 0.3) is 0 Å². The Hall–Kier alpha value is -0.580. The first-order valence-electron chi connectivity index (χ1n) is 6.91. The average Bonchev–Trinajstić information content (AvgIpc) is 2.36. The molecule has 0 unspecified atom stereocenters. The van der Waals surface area contributed by atoms with Crippen LogP contribution in [-0.2, 0) is 6.54 Å². The van der Waals surface area contributed by atoms with E-state index in [9.17, 15) is 0 Å². The predicted octanol–water partition coefficient (Wildman–Crippen LogP) is 2.95. The lowest BCUT2D eigenvalue weighted by molar-refractivity contribution is 0.400. The number of halogens is 1. The van der Waals surface area contributed by atoms with Gasteiger partial charge in [-0.25, -0.2) is 0 Å². The van der Waals surface area contributed by atoms with Crippen LogP contribution in [0.1, 0.15) is 18.9 Å². The number of benzene rings is 1. The molecule has 1 aromatic carbocycles. The van der Waals surface area contributed by atoms with Crippen LogP contribution in [-0.4, -0.2) is 45.7 Å². The Morgan fingerprint density at radius 1 is 1.21 bits per heavy atom. The van der Waals surface area contributed by atoms with Crippen molar-refractivity contribution in [3.63, 3.8) is 0 Å². The maximum Gasteiger partial charge on any atom is 0.0412 e. The second-order valence-electron chi connectivity index (χ2n) is 5.04. The number of rotatable bonds is 8. The Kier molecular flexibility index (Phi) is 7.42. The summed E-state index contributed by atoms with van der Waals surface area (Å²) in [7, 11) is 6.25. The third-order valence-electron chi connectivity index (χ3n) is 3.16. The summed E-state index contributed by atoms with van der Waals surface area (Å²) in [4.78, 5) is 4.70. The molecule has 19 heavy (non-hydrogen) atoms. The fourth-order valence-corrected chi connectivity index (χ4v) is 2.63. The van der Waals surface area contributed by atoms with E-state index in [0.29, 0.717) is 0 Å². The van der Waals surface area contributed by atoms with E-state index in [4.69, 9.17) is 0 Å². The van der Waals surface area contributed by atoms with Crippen molar-refractivity contribution in [3.8, 4) is 0 Å². The van der Waals surface area contributed by atoms with Crippen LogP contribution in [0, 0.1) is 0 Å². The summed E-state index contributed by atoms with van der Waals surface area (Å²) < 4.78 is 1.14. The van der Waals surface area contributed by atoms with Gasteiger partial charge in [-0.2, -0.15) is 0 Å². The molecule has 0 radical (unpaired) electrons. The minimum Gasteiger partial charge on any atom is -0.372 e. The van der Waals surface area contributed by atoms with Crippen molar-refractivity contribution in [2.45, 2.75) is 19.9 Å². The van der Waals surface area contributed by atoms with Gasteiger partial charge in [-0.3, -0.25) is 0 Å². The number of nitrogens with one attached hydrogen (secondary N) is 1. The number of hydrogen-bond donors (Lipinski definition) is 1. The summed E-state index contributed by atoms with van der Waals surface area (Å²) in [5.41, 5.74) is 2.70. The van der Waals surface area contributed by atoms with Gasteiger partial charge in [0.1, 0.15) is 0 Å². The molecule has 0 spiro atoms. The van der Waals surface area contributed by atoms with Crippen molar-refractivity contribution >= 4 is 21.6 Å². The zero-order valence-electron chi connectivity index (χ0n) is 12.5. The van der Waals surface area contributed by atoms with Crippen molar-refractivity contribution in [3.05, 3.63) is 28.2 Å². The van der Waals surface area contributed by atoms with Crippen molar-refractivity contribution in [2.75, 3.05) is 45.7 Å². The Morgan fingerprint density at radius 2 is 1.95 bits per heavy atom. The van der Waals surface area contributed by atoms with Crippen molar-refractivity contribution < 1.29 is 0 Å². The second kappa shape index (κ2) is 8.56. The smallest absolute Gasteiger partial charge is 0.0412 e. The molecule has 0 amide bonds. The summed E-state index contributed by atoms with van der Waals surface area (Å²) in [6, 6.07) is 6.56. The first-order valence-corrected chi connectivity index (χ1v) is 7.70. The normalized spacial score (nSPS) is 11.1. The molecule has 0 saturated heterocycles. The first-order chi connectivity index (χ1) is 9.08. The van der Waals surface area contributed by atoms with Crippen molar-refractivity contribution in [1.82, 2.24) is 10.2 Å². The summed E-state index contributed by atoms with van der Waals surface area (Å²) in [5.74, 6) is 0. The van der Waals surface area contributed by atoms with E-state index in [2.05, 4.69) is 70.3 Å². The molecule has 4 heteroatoms. The highest BCUT2D eigenvalue weighted by molar-refractivity contribution is 9.10. The molecule has 0 fully saturated rings. The zero-order chi connectivity index (χ0) is 14.3. The molecule has 0 aliphatic rings. The molecule has 1 rings (SSSR count). The molecule has 108 valence electrons. The molecule has 0 aliphatic carbocycles. The van der Waals surface area contributed by atoms with E-state index in [0.717, 1.165) is 30.7 Å². The van der Waals surface area contributed by atoms with Crippen molar-refractivity contribution in [1.29, 1.82) is 0 Å². The van der Waals surface area contributed by atoms with Gasteiger partial charge in [0, 0.05) is 29.8 Å². The average molecular weight is 328 g/mol. The molecular weight excluding hydrogens is 302 g/mol. The molecule has 0 heterocycles. The van der Waals surface area contributed by atoms with Gasteiger partial charge in [0.15, 0.2) is 0 Å². The van der Waals surface area contributed by atoms with Gasteiger partial charge in [-0.05, 0) is 64.8 Å². The molecule has 3 nitrogen and oxygen atoms in total. The SMILES string of the molecule is CCN(CCCN(C)C)c1ccc(Br)cc1CNC. The Balaban J connectivity index is 2.78. The zero-order valence-corrected chi connectivity index (χ0v) is 14.1. The maximum atomic E-state index is 3.56. The van der Waals surface area contributed by atoms with Crippen molar-refractivity contribution in [2.24, 2.45) is 0 Å². The highest BCUT2D eigenvalue weighted by Gasteiger charge is 2.09. The van der Waals surface area contributed by atoms with Gasteiger partial charge in [0.2, 0.25) is 0 Å². The number of hydrogen-bond acceptors (Lipinski definition) is 3. The van der Waals surface area contributed by atoms with Crippen LogP contribution in [0.4, 0.5) is 5.69 Å². The lowest BCUT2D eigenvalue weighted by Gasteiger charge is -2.26. The Bertz CT molecular complexity index is 380. The van der Waals surface area contributed by atoms with Gasteiger partial charge < -0.3 is 15.1 Å². The largest absolute Gasteiger partial charge is 0.372 e. The van der Waals surface area contributed by atoms with Gasteiger partial charge >= 0.3 is 0 Å². The number of anilines is 1. The quantitative estimate of drug-likeness (QED) is 0.792. The standard InChI is InChI=1S/C15H26BrN3/c1-5-19(10-6-9-18(3)4)15-8-7-14(16)11-13(15)12-17-2/h7-8,11,17H,5-6,9-10,12H2,1-4H3. The summed E-state index contributed by atoms with van der Waals surface area (Å²) in [5, 5.41) is 3.25. The summed E-state index contributed by atoms with van der Waals surface area (Å²) in [6.45, 7) is 6.41. The second-order valence-corrected chi connectivity index (χ2v) is 5.96. The van der Waals surface area contributed by atoms with Crippen LogP contribution in [0.2, 0.25) is 0 Å². The van der Waals surface area contributed by atoms with E-state index in [-0.39, 0.29) is 0 Å². The summed E-state index contributed by atoms with van der Waals surface area (Å²) in [6.07, 6.45) is 1.19. The Labute approximate surface area is 126 Å². The van der Waals surface area contributed by atoms with Gasteiger partial charge in [-0.15, -0.1) is 0 Å². The minimum atomic E-state index is 0.902. The fourth-order valence-electron chi connectivity index (χ4n) is 2.22. The van der Waals surface area contributed by atoms with Crippen LogP contribution in [0.25, 0.3) is 0 Å². The number of nitrogens with zero attached hydrogens (tertiary/aromatic N) is 2. The first kappa shape index (κ1) is 16.5. The molecule has 0 saturated carbocycles. The van der Waals surface area contributed by atoms with E-state index >= 15 is 0 Å². The highest BCUT2D eigenvalue weighted by atomic mass is 79.9. The molecule has 0 aliphatic heterocycles. The van der Waals surface area contributed by atoms with Crippen LogP contribution >= 0.6 is 15.9 Å². The monoisotopic (exact) mass is 327 g/mol. The topological polar surface area (TPSA) is 18.5 Å².